The molecule has 17 heavy (non-hydrogen) atoms. The van der Waals surface area contributed by atoms with Crippen molar-refractivity contribution in [2.24, 2.45) is 0 Å². The van der Waals surface area contributed by atoms with Gasteiger partial charge >= 0.3 is 5.97 Å². The van der Waals surface area contributed by atoms with Crippen LogP contribution in [0.4, 0.5) is 0 Å². The Hall–Kier alpha value is -2.43. The minimum absolute atomic E-state index is 0.0910. The number of hydrogen-bond donors (Lipinski definition) is 1. The molecule has 5 heteroatoms. The first-order valence-electron chi connectivity index (χ1n) is 4.94. The van der Waals surface area contributed by atoms with E-state index in [0.29, 0.717) is 11.5 Å². The summed E-state index contributed by atoms with van der Waals surface area (Å²) in [7, 11) is 0. The van der Waals surface area contributed by atoms with Crippen LogP contribution in [0.25, 0.3) is 0 Å². The summed E-state index contributed by atoms with van der Waals surface area (Å²) in [5, 5.41) is 8.81. The second kappa shape index (κ2) is 4.61. The van der Waals surface area contributed by atoms with Crippen molar-refractivity contribution in [1.82, 2.24) is 9.97 Å². The molecule has 0 fully saturated rings. The Morgan fingerprint density at radius 1 is 1.29 bits per heavy atom. The summed E-state index contributed by atoms with van der Waals surface area (Å²) in [6.07, 6.45) is 4.36. The quantitative estimate of drug-likeness (QED) is 0.875. The van der Waals surface area contributed by atoms with Gasteiger partial charge in [-0.15, -0.1) is 0 Å². The van der Waals surface area contributed by atoms with Gasteiger partial charge in [-0.2, -0.15) is 0 Å². The zero-order valence-electron chi connectivity index (χ0n) is 9.12. The number of hydrogen-bond acceptors (Lipinski definition) is 4. The van der Waals surface area contributed by atoms with Gasteiger partial charge in [0.2, 0.25) is 0 Å². The van der Waals surface area contributed by atoms with E-state index in [4.69, 9.17) is 9.84 Å². The van der Waals surface area contributed by atoms with E-state index in [1.807, 2.05) is 6.92 Å². The fraction of sp³-hybridized carbons (Fsp3) is 0.0833. The minimum atomic E-state index is -1.03. The molecule has 0 saturated heterocycles. The highest BCUT2D eigenvalue weighted by Crippen LogP contribution is 2.21. The second-order valence-corrected chi connectivity index (χ2v) is 3.45. The number of pyridine rings is 2. The van der Waals surface area contributed by atoms with Crippen LogP contribution in [0.1, 0.15) is 16.1 Å². The van der Waals surface area contributed by atoms with Crippen molar-refractivity contribution >= 4 is 5.97 Å². The summed E-state index contributed by atoms with van der Waals surface area (Å²) < 4.78 is 5.48. The number of nitrogens with zero attached hydrogens (tertiary/aromatic N) is 2. The molecule has 0 radical (unpaired) electrons. The molecule has 0 unspecified atom stereocenters. The fourth-order valence-corrected chi connectivity index (χ4v) is 1.31. The van der Waals surface area contributed by atoms with Crippen LogP contribution in [0.3, 0.4) is 0 Å². The third kappa shape index (κ3) is 2.78. The summed E-state index contributed by atoms with van der Waals surface area (Å²) in [4.78, 5) is 18.6. The lowest BCUT2D eigenvalue weighted by atomic mass is 10.3. The topological polar surface area (TPSA) is 72.3 Å². The van der Waals surface area contributed by atoms with Gasteiger partial charge in [-0.05, 0) is 19.1 Å². The first-order chi connectivity index (χ1) is 8.15. The van der Waals surface area contributed by atoms with Gasteiger partial charge in [0, 0.05) is 24.2 Å². The molecule has 0 bridgehead atoms. The van der Waals surface area contributed by atoms with Gasteiger partial charge in [-0.1, -0.05) is 0 Å². The monoisotopic (exact) mass is 230 g/mol. The maximum absolute atomic E-state index is 10.8. The van der Waals surface area contributed by atoms with Crippen molar-refractivity contribution in [2.45, 2.75) is 6.92 Å². The molecule has 0 aliphatic rings. The third-order valence-electron chi connectivity index (χ3n) is 2.06. The highest BCUT2D eigenvalue weighted by atomic mass is 16.5. The Balaban J connectivity index is 2.24. The smallest absolute Gasteiger partial charge is 0.337 e. The number of rotatable bonds is 3. The minimum Gasteiger partial charge on any atom is -0.478 e. The molecule has 2 rings (SSSR count). The van der Waals surface area contributed by atoms with E-state index in [0.717, 1.165) is 5.69 Å². The second-order valence-electron chi connectivity index (χ2n) is 3.45. The molecule has 86 valence electrons. The van der Waals surface area contributed by atoms with E-state index in [2.05, 4.69) is 9.97 Å². The van der Waals surface area contributed by atoms with E-state index >= 15 is 0 Å². The van der Waals surface area contributed by atoms with Crippen molar-refractivity contribution in [3.8, 4) is 11.5 Å². The SMILES string of the molecule is Cc1cc(Oc2cncc(C(=O)O)c2)ccn1. The highest BCUT2D eigenvalue weighted by Gasteiger charge is 2.05. The number of aromatic nitrogens is 2. The Morgan fingerprint density at radius 3 is 2.82 bits per heavy atom. The van der Waals surface area contributed by atoms with E-state index < -0.39 is 5.97 Å². The van der Waals surface area contributed by atoms with Crippen LogP contribution in [0, 0.1) is 6.92 Å². The van der Waals surface area contributed by atoms with Crippen LogP contribution < -0.4 is 4.74 Å². The first-order valence-corrected chi connectivity index (χ1v) is 4.94. The third-order valence-corrected chi connectivity index (χ3v) is 2.06. The Labute approximate surface area is 97.7 Å². The molecule has 2 aromatic rings. The Kier molecular flexibility index (Phi) is 3.00. The summed E-state index contributed by atoms with van der Waals surface area (Å²) in [6, 6.07) is 4.87. The average molecular weight is 230 g/mol. The average Bonchev–Trinajstić information content (AvgIpc) is 2.29. The molecule has 0 atom stereocenters. The maximum atomic E-state index is 10.8. The zero-order chi connectivity index (χ0) is 12.3. The molecule has 0 aliphatic carbocycles. The molecule has 0 saturated carbocycles. The van der Waals surface area contributed by atoms with E-state index in [1.54, 1.807) is 18.3 Å². The number of carbonyl (C=O) groups is 1. The first kappa shape index (κ1) is 11.1. The van der Waals surface area contributed by atoms with Crippen LogP contribution in [0.2, 0.25) is 0 Å². The molecule has 0 amide bonds. The van der Waals surface area contributed by atoms with Gasteiger partial charge in [0.25, 0.3) is 0 Å². The van der Waals surface area contributed by atoms with E-state index in [9.17, 15) is 4.79 Å². The summed E-state index contributed by atoms with van der Waals surface area (Å²) >= 11 is 0. The van der Waals surface area contributed by atoms with Crippen LogP contribution >= 0.6 is 0 Å². The Bertz CT molecular complexity index is 555. The molecule has 2 heterocycles. The molecule has 0 spiro atoms. The highest BCUT2D eigenvalue weighted by molar-refractivity contribution is 5.87. The lowest BCUT2D eigenvalue weighted by Crippen LogP contribution is -1.97. The van der Waals surface area contributed by atoms with Crippen LogP contribution in [0.5, 0.6) is 11.5 Å². The lowest BCUT2D eigenvalue weighted by Gasteiger charge is -2.05. The standard InChI is InChI=1S/C12H10N2O3/c1-8-4-10(2-3-14-8)17-11-5-9(12(15)16)6-13-7-11/h2-7H,1H3,(H,15,16). The molecule has 5 nitrogen and oxygen atoms in total. The number of aryl methyl sites for hydroxylation is 1. The predicted molar refractivity (Wildman–Crippen MR) is 60.2 cm³/mol. The molecular weight excluding hydrogens is 220 g/mol. The van der Waals surface area contributed by atoms with E-state index in [1.165, 1.54) is 18.5 Å². The summed E-state index contributed by atoms with van der Waals surface area (Å²) in [5.41, 5.74) is 0.915. The number of ether oxygens (including phenoxy) is 1. The largest absolute Gasteiger partial charge is 0.478 e. The fourth-order valence-electron chi connectivity index (χ4n) is 1.31. The molecular formula is C12H10N2O3. The number of carboxylic acid groups (broad SMARTS) is 1. The normalized spacial score (nSPS) is 9.94. The van der Waals surface area contributed by atoms with Crippen LogP contribution in [-0.4, -0.2) is 21.0 Å². The summed E-state index contributed by atoms with van der Waals surface area (Å²) in [5.74, 6) is -0.0498. The molecule has 0 aromatic carbocycles. The van der Waals surface area contributed by atoms with Gasteiger partial charge in [0.1, 0.15) is 11.5 Å². The van der Waals surface area contributed by atoms with Crippen molar-refractivity contribution in [3.05, 3.63) is 48.0 Å². The van der Waals surface area contributed by atoms with Gasteiger partial charge in [0.15, 0.2) is 0 Å². The molecule has 1 N–H and O–H groups in total. The predicted octanol–water partition coefficient (Wildman–Crippen LogP) is 2.28. The number of carboxylic acids is 1. The van der Waals surface area contributed by atoms with Gasteiger partial charge in [0.05, 0.1) is 11.8 Å². The van der Waals surface area contributed by atoms with Crippen LogP contribution in [-0.2, 0) is 0 Å². The van der Waals surface area contributed by atoms with Crippen molar-refractivity contribution in [2.75, 3.05) is 0 Å². The van der Waals surface area contributed by atoms with Crippen molar-refractivity contribution < 1.29 is 14.6 Å². The van der Waals surface area contributed by atoms with Crippen molar-refractivity contribution in [1.29, 1.82) is 0 Å². The maximum Gasteiger partial charge on any atom is 0.337 e. The van der Waals surface area contributed by atoms with Gasteiger partial charge < -0.3 is 9.84 Å². The van der Waals surface area contributed by atoms with Crippen molar-refractivity contribution in [3.63, 3.8) is 0 Å². The Morgan fingerprint density at radius 2 is 2.12 bits per heavy atom. The molecule has 2 aromatic heterocycles. The van der Waals surface area contributed by atoms with Gasteiger partial charge in [-0.3, -0.25) is 9.97 Å². The zero-order valence-corrected chi connectivity index (χ0v) is 9.12. The van der Waals surface area contributed by atoms with Gasteiger partial charge in [-0.25, -0.2) is 4.79 Å². The van der Waals surface area contributed by atoms with Crippen LogP contribution in [0.15, 0.2) is 36.8 Å². The summed E-state index contributed by atoms with van der Waals surface area (Å²) in [6.45, 7) is 1.85. The molecule has 0 aliphatic heterocycles. The van der Waals surface area contributed by atoms with E-state index in [-0.39, 0.29) is 5.56 Å². The number of aromatic carboxylic acids is 1. The lowest BCUT2D eigenvalue weighted by molar-refractivity contribution is 0.0696.